The number of carbonyl (C=O) groups is 1. The van der Waals surface area contributed by atoms with Gasteiger partial charge in [0.15, 0.2) is 11.2 Å². The van der Waals surface area contributed by atoms with Crippen LogP contribution in [0.2, 0.25) is 0 Å². The highest BCUT2D eigenvalue weighted by atomic mass is 32.2. The average Bonchev–Trinajstić information content (AvgIpc) is 2.65. The first-order valence-electron chi connectivity index (χ1n) is 9.97. The Bertz CT molecular complexity index is 1370. The van der Waals surface area contributed by atoms with Crippen LogP contribution < -0.4 is 16.0 Å². The summed E-state index contributed by atoms with van der Waals surface area (Å²) in [5.41, 5.74) is 2.55. The van der Waals surface area contributed by atoms with Crippen LogP contribution in [0, 0.1) is 13.8 Å². The van der Waals surface area contributed by atoms with Gasteiger partial charge in [-0.1, -0.05) is 12.8 Å². The standard InChI is InChI=1S/C20H25N5O5S/c1-12-10-14-15(11-13(12)2)22-18-17(21-14)19(27)25(20(28)23-18)9-7-5-4-6-8-16(26)24-31(3,29)30/h10-11H,4-9H2,1-3H3,(H,24,26)(H,22,23,28). The van der Waals surface area contributed by atoms with Gasteiger partial charge in [0.05, 0.1) is 17.3 Å². The molecule has 0 saturated heterocycles. The van der Waals surface area contributed by atoms with Crippen LogP contribution in [0.5, 0.6) is 0 Å². The molecule has 0 unspecified atom stereocenters. The zero-order valence-corrected chi connectivity index (χ0v) is 18.5. The van der Waals surface area contributed by atoms with Crippen LogP contribution in [-0.4, -0.2) is 40.1 Å². The molecule has 2 heterocycles. The lowest BCUT2D eigenvalue weighted by atomic mass is 10.1. The van der Waals surface area contributed by atoms with E-state index in [0.29, 0.717) is 36.7 Å². The Balaban J connectivity index is 1.68. The molecule has 0 aliphatic rings. The first-order chi connectivity index (χ1) is 14.5. The lowest BCUT2D eigenvalue weighted by Crippen LogP contribution is -2.35. The summed E-state index contributed by atoms with van der Waals surface area (Å²) in [6.45, 7) is 4.13. The van der Waals surface area contributed by atoms with E-state index in [1.54, 1.807) is 0 Å². The molecule has 0 saturated carbocycles. The van der Waals surface area contributed by atoms with Gasteiger partial charge in [-0.25, -0.2) is 23.2 Å². The van der Waals surface area contributed by atoms with Gasteiger partial charge in [0.25, 0.3) is 5.56 Å². The highest BCUT2D eigenvalue weighted by Crippen LogP contribution is 2.17. The smallest absolute Gasteiger partial charge is 0.290 e. The van der Waals surface area contributed by atoms with Crippen LogP contribution in [-0.2, 0) is 21.4 Å². The van der Waals surface area contributed by atoms with Crippen molar-refractivity contribution in [2.45, 2.75) is 52.5 Å². The van der Waals surface area contributed by atoms with Gasteiger partial charge in [-0.2, -0.15) is 0 Å². The summed E-state index contributed by atoms with van der Waals surface area (Å²) in [7, 11) is -3.54. The highest BCUT2D eigenvalue weighted by Gasteiger charge is 2.12. The molecule has 1 amide bonds. The molecule has 0 atom stereocenters. The molecule has 0 aliphatic carbocycles. The van der Waals surface area contributed by atoms with Crippen molar-refractivity contribution in [2.24, 2.45) is 0 Å². The first-order valence-corrected chi connectivity index (χ1v) is 11.9. The molecule has 3 aromatic rings. The van der Waals surface area contributed by atoms with E-state index in [4.69, 9.17) is 0 Å². The molecule has 3 rings (SSSR count). The second-order valence-electron chi connectivity index (χ2n) is 7.69. The van der Waals surface area contributed by atoms with E-state index in [0.717, 1.165) is 21.9 Å². The number of aryl methyl sites for hydroxylation is 2. The van der Waals surface area contributed by atoms with Gasteiger partial charge in [0, 0.05) is 13.0 Å². The van der Waals surface area contributed by atoms with Gasteiger partial charge in [-0.05, 0) is 49.9 Å². The zero-order chi connectivity index (χ0) is 22.8. The van der Waals surface area contributed by atoms with Crippen LogP contribution in [0.25, 0.3) is 22.2 Å². The van der Waals surface area contributed by atoms with E-state index in [1.807, 2.05) is 30.7 Å². The van der Waals surface area contributed by atoms with Gasteiger partial charge in [0.2, 0.25) is 15.9 Å². The molecule has 0 aliphatic heterocycles. The Morgan fingerprint density at radius 3 is 2.29 bits per heavy atom. The molecular formula is C20H25N5O5S. The number of hydrogen-bond donors (Lipinski definition) is 2. The molecule has 10 nitrogen and oxygen atoms in total. The minimum Gasteiger partial charge on any atom is -0.290 e. The number of nitrogens with zero attached hydrogens (tertiary/aromatic N) is 3. The predicted molar refractivity (Wildman–Crippen MR) is 117 cm³/mol. The number of aromatic nitrogens is 4. The van der Waals surface area contributed by atoms with Crippen molar-refractivity contribution in [1.29, 1.82) is 0 Å². The number of H-pyrrole nitrogens is 1. The quantitative estimate of drug-likeness (QED) is 0.391. The van der Waals surface area contributed by atoms with Crippen LogP contribution in [0.4, 0.5) is 0 Å². The normalized spacial score (nSPS) is 11.8. The van der Waals surface area contributed by atoms with Gasteiger partial charge >= 0.3 is 5.69 Å². The molecule has 31 heavy (non-hydrogen) atoms. The minimum absolute atomic E-state index is 0.102. The molecule has 0 fully saturated rings. The van der Waals surface area contributed by atoms with Crippen molar-refractivity contribution in [3.8, 4) is 0 Å². The molecule has 11 heteroatoms. The number of fused-ring (bicyclic) bond motifs is 2. The summed E-state index contributed by atoms with van der Waals surface area (Å²) < 4.78 is 25.0. The number of benzene rings is 1. The van der Waals surface area contributed by atoms with E-state index < -0.39 is 27.2 Å². The van der Waals surface area contributed by atoms with Gasteiger partial charge in [-0.15, -0.1) is 0 Å². The summed E-state index contributed by atoms with van der Waals surface area (Å²) in [4.78, 5) is 48.1. The number of hydrogen-bond acceptors (Lipinski definition) is 7. The average molecular weight is 448 g/mol. The Morgan fingerprint density at radius 2 is 1.65 bits per heavy atom. The Hall–Kier alpha value is -3.08. The molecular weight excluding hydrogens is 422 g/mol. The predicted octanol–water partition coefficient (Wildman–Crippen LogP) is 1.28. The molecule has 0 spiro atoms. The lowest BCUT2D eigenvalue weighted by Gasteiger charge is -2.08. The number of nitrogens with one attached hydrogen (secondary N) is 2. The van der Waals surface area contributed by atoms with Crippen molar-refractivity contribution < 1.29 is 13.2 Å². The summed E-state index contributed by atoms with van der Waals surface area (Å²) in [5.74, 6) is -0.541. The molecule has 0 bridgehead atoms. The van der Waals surface area contributed by atoms with E-state index in [2.05, 4.69) is 15.0 Å². The number of rotatable bonds is 8. The van der Waals surface area contributed by atoms with Crippen molar-refractivity contribution in [3.63, 3.8) is 0 Å². The maximum atomic E-state index is 12.8. The summed E-state index contributed by atoms with van der Waals surface area (Å²) in [5, 5.41) is 0. The van der Waals surface area contributed by atoms with Crippen molar-refractivity contribution in [2.75, 3.05) is 6.26 Å². The molecule has 2 N–H and O–H groups in total. The Morgan fingerprint density at radius 1 is 1.03 bits per heavy atom. The largest absolute Gasteiger partial charge is 0.330 e. The molecule has 1 aromatic carbocycles. The third-order valence-electron chi connectivity index (χ3n) is 5.03. The maximum Gasteiger partial charge on any atom is 0.330 e. The van der Waals surface area contributed by atoms with E-state index in [9.17, 15) is 22.8 Å². The lowest BCUT2D eigenvalue weighted by molar-refractivity contribution is -0.119. The van der Waals surface area contributed by atoms with Crippen LogP contribution in [0.3, 0.4) is 0 Å². The number of aromatic amines is 1. The Labute approximate surface area is 178 Å². The third kappa shape index (κ3) is 5.54. The number of amides is 1. The molecule has 0 radical (unpaired) electrons. The first kappa shape index (κ1) is 22.6. The Kier molecular flexibility index (Phi) is 6.54. The monoisotopic (exact) mass is 447 g/mol. The third-order valence-corrected chi connectivity index (χ3v) is 5.63. The van der Waals surface area contributed by atoms with Gasteiger partial charge in [-0.3, -0.25) is 23.9 Å². The second-order valence-corrected chi connectivity index (χ2v) is 9.44. The van der Waals surface area contributed by atoms with E-state index >= 15 is 0 Å². The fraction of sp³-hybridized carbons (Fsp3) is 0.450. The maximum absolute atomic E-state index is 12.8. The fourth-order valence-corrected chi connectivity index (χ4v) is 3.82. The summed E-state index contributed by atoms with van der Waals surface area (Å²) in [6.07, 6.45) is 3.45. The SMILES string of the molecule is Cc1cc2nc3[nH]c(=O)n(CCCCCCC(=O)NS(C)(=O)=O)c(=O)c3nc2cc1C. The number of sulfonamides is 1. The summed E-state index contributed by atoms with van der Waals surface area (Å²) >= 11 is 0. The van der Waals surface area contributed by atoms with Crippen molar-refractivity contribution in [1.82, 2.24) is 24.2 Å². The van der Waals surface area contributed by atoms with Gasteiger partial charge < -0.3 is 0 Å². The highest BCUT2D eigenvalue weighted by molar-refractivity contribution is 7.89. The van der Waals surface area contributed by atoms with Crippen LogP contribution >= 0.6 is 0 Å². The topological polar surface area (TPSA) is 144 Å². The number of carbonyl (C=O) groups excluding carboxylic acids is 1. The van der Waals surface area contributed by atoms with Crippen LogP contribution in [0.1, 0.15) is 43.2 Å². The van der Waals surface area contributed by atoms with Crippen LogP contribution in [0.15, 0.2) is 21.7 Å². The molecule has 166 valence electrons. The minimum atomic E-state index is -3.54. The van der Waals surface area contributed by atoms with E-state index in [1.165, 1.54) is 0 Å². The molecule has 2 aromatic heterocycles. The fourth-order valence-electron chi connectivity index (χ4n) is 3.31. The second kappa shape index (κ2) is 8.96. The number of unbranched alkanes of at least 4 members (excludes halogenated alkanes) is 3. The summed E-state index contributed by atoms with van der Waals surface area (Å²) in [6, 6.07) is 3.74. The van der Waals surface area contributed by atoms with Gasteiger partial charge in [0.1, 0.15) is 0 Å². The van der Waals surface area contributed by atoms with E-state index in [-0.39, 0.29) is 24.1 Å². The van der Waals surface area contributed by atoms with Crippen molar-refractivity contribution >= 4 is 38.1 Å². The van der Waals surface area contributed by atoms with Crippen molar-refractivity contribution in [3.05, 3.63) is 44.1 Å². The zero-order valence-electron chi connectivity index (χ0n) is 17.7.